The van der Waals surface area contributed by atoms with Crippen molar-refractivity contribution in [2.45, 2.75) is 46.5 Å². The Morgan fingerprint density at radius 1 is 1.11 bits per heavy atom. The predicted octanol–water partition coefficient (Wildman–Crippen LogP) is 1.96. The fraction of sp³-hybridized carbons (Fsp3) is 1.00. The van der Waals surface area contributed by atoms with Crippen molar-refractivity contribution in [3.63, 3.8) is 0 Å². The average molecular weight is 262 g/mol. The molecule has 0 spiro atoms. The van der Waals surface area contributed by atoms with Gasteiger partial charge in [0.2, 0.25) is 0 Å². The molecule has 0 aliphatic rings. The lowest BCUT2D eigenvalue weighted by Gasteiger charge is -2.36. The Bertz CT molecular complexity index is 190. The number of aliphatic hydroxyl groups is 2. The third-order valence-electron chi connectivity index (χ3n) is 3.67. The summed E-state index contributed by atoms with van der Waals surface area (Å²) < 4.78 is 0.472. The molecule has 0 aromatic heterocycles. The molecule has 0 heterocycles. The van der Waals surface area contributed by atoms with Crippen LogP contribution in [0.15, 0.2) is 0 Å². The maximum atomic E-state index is 9.24. The number of likely N-dealkylation sites (N-methyl/N-ethyl adjacent to an activating group) is 1. The van der Waals surface area contributed by atoms with Crippen LogP contribution < -0.4 is 0 Å². The van der Waals surface area contributed by atoms with Crippen molar-refractivity contribution in [1.82, 2.24) is 0 Å². The molecule has 0 radical (unpaired) electrons. The van der Waals surface area contributed by atoms with Gasteiger partial charge in [-0.1, -0.05) is 26.7 Å². The van der Waals surface area contributed by atoms with Crippen LogP contribution in [0.5, 0.6) is 0 Å². The van der Waals surface area contributed by atoms with E-state index in [1.165, 1.54) is 19.3 Å². The molecule has 0 saturated carbocycles. The second-order valence-corrected chi connectivity index (χ2v) is 4.98. The number of rotatable bonds is 12. The van der Waals surface area contributed by atoms with Crippen LogP contribution in [0.2, 0.25) is 0 Å². The molecular weight excluding hydrogens is 230 g/mol. The highest BCUT2D eigenvalue weighted by Gasteiger charge is 2.30. The maximum absolute atomic E-state index is 9.24. The van der Waals surface area contributed by atoms with Gasteiger partial charge in [-0.05, 0) is 19.8 Å². The van der Waals surface area contributed by atoms with Gasteiger partial charge in [-0.15, -0.1) is 0 Å². The van der Waals surface area contributed by atoms with E-state index in [0.29, 0.717) is 23.7 Å². The molecule has 0 fully saturated rings. The van der Waals surface area contributed by atoms with Crippen LogP contribution in [0.25, 0.3) is 0 Å². The van der Waals surface area contributed by atoms with Gasteiger partial charge < -0.3 is 10.2 Å². The minimum atomic E-state index is 0.0389. The molecule has 2 N–H and O–H groups in total. The van der Waals surface area contributed by atoms with Crippen LogP contribution in [-0.4, -0.2) is 54.3 Å². The minimum absolute atomic E-state index is 0.0389. The lowest BCUT2D eigenvalue weighted by atomic mass is 9.98. The van der Waals surface area contributed by atoms with Gasteiger partial charge >= 0.3 is 0 Å². The summed E-state index contributed by atoms with van der Waals surface area (Å²) in [6.45, 7) is 9.41. The molecule has 0 aromatic carbocycles. The molecule has 0 rings (SSSR count). The zero-order valence-corrected chi connectivity index (χ0v) is 12.4. The molecule has 0 amide bonds. The molecule has 0 aliphatic heterocycles. The van der Waals surface area contributed by atoms with Gasteiger partial charge in [0.25, 0.3) is 0 Å². The second-order valence-electron chi connectivity index (χ2n) is 4.98. The standard InChI is InChI=1S/C14H32NO3/c1-4-7-8-14(5-2)13-15(6-3,9-10-16)18-12-11-17/h14,16-17H,4-13H2,1-3H3/q+1. The smallest absolute Gasteiger partial charge is 0.132 e. The van der Waals surface area contributed by atoms with E-state index >= 15 is 0 Å². The summed E-state index contributed by atoms with van der Waals surface area (Å²) in [4.78, 5) is 5.81. The summed E-state index contributed by atoms with van der Waals surface area (Å²) >= 11 is 0. The Morgan fingerprint density at radius 2 is 1.83 bits per heavy atom. The van der Waals surface area contributed by atoms with E-state index in [-0.39, 0.29) is 13.2 Å². The number of unbranched alkanes of at least 4 members (excludes halogenated alkanes) is 1. The second kappa shape index (κ2) is 10.7. The normalized spacial score (nSPS) is 16.5. The quantitative estimate of drug-likeness (QED) is 0.417. The number of quaternary nitrogens is 1. The number of hydroxylamine groups is 3. The largest absolute Gasteiger partial charge is 0.394 e. The topological polar surface area (TPSA) is 49.7 Å². The lowest BCUT2D eigenvalue weighted by molar-refractivity contribution is -1.11. The van der Waals surface area contributed by atoms with Crippen molar-refractivity contribution in [3.05, 3.63) is 0 Å². The number of aliphatic hydroxyl groups excluding tert-OH is 2. The van der Waals surface area contributed by atoms with E-state index in [4.69, 9.17) is 9.94 Å². The van der Waals surface area contributed by atoms with Crippen molar-refractivity contribution in [3.8, 4) is 0 Å². The van der Waals surface area contributed by atoms with Crippen molar-refractivity contribution >= 4 is 0 Å². The molecule has 110 valence electrons. The highest BCUT2D eigenvalue weighted by Crippen LogP contribution is 2.20. The fourth-order valence-electron chi connectivity index (χ4n) is 2.39. The monoisotopic (exact) mass is 262 g/mol. The molecule has 0 aliphatic carbocycles. The van der Waals surface area contributed by atoms with Crippen molar-refractivity contribution in [1.29, 1.82) is 0 Å². The van der Waals surface area contributed by atoms with E-state index in [1.54, 1.807) is 0 Å². The molecule has 18 heavy (non-hydrogen) atoms. The number of hydrogen-bond acceptors (Lipinski definition) is 3. The Hall–Kier alpha value is -0.160. The summed E-state index contributed by atoms with van der Waals surface area (Å²) in [5, 5.41) is 18.2. The number of nitrogens with zero attached hydrogens (tertiary/aromatic N) is 1. The summed E-state index contributed by atoms with van der Waals surface area (Å²) in [6.07, 6.45) is 4.84. The van der Waals surface area contributed by atoms with Gasteiger partial charge in [-0.3, -0.25) is 0 Å². The lowest BCUT2D eigenvalue weighted by Crippen LogP contribution is -2.52. The molecule has 4 heteroatoms. The summed E-state index contributed by atoms with van der Waals surface area (Å²) in [5.41, 5.74) is 0. The van der Waals surface area contributed by atoms with Crippen LogP contribution in [0, 0.1) is 5.92 Å². The van der Waals surface area contributed by atoms with Gasteiger partial charge in [0, 0.05) is 5.92 Å². The third kappa shape index (κ3) is 6.69. The van der Waals surface area contributed by atoms with Gasteiger partial charge in [0.15, 0.2) is 0 Å². The molecule has 0 bridgehead atoms. The highest BCUT2D eigenvalue weighted by molar-refractivity contribution is 4.56. The van der Waals surface area contributed by atoms with Crippen LogP contribution in [0.4, 0.5) is 0 Å². The SMILES string of the molecule is CCCCC(CC)C[N+](CC)(CCO)OCCO. The predicted molar refractivity (Wildman–Crippen MR) is 74.0 cm³/mol. The van der Waals surface area contributed by atoms with Crippen molar-refractivity contribution < 1.29 is 19.7 Å². The minimum Gasteiger partial charge on any atom is -0.394 e. The zero-order valence-electron chi connectivity index (χ0n) is 12.4. The van der Waals surface area contributed by atoms with E-state index in [0.717, 1.165) is 19.5 Å². The Kier molecular flexibility index (Phi) is 10.6. The zero-order chi connectivity index (χ0) is 13.9. The fourth-order valence-corrected chi connectivity index (χ4v) is 2.39. The summed E-state index contributed by atoms with van der Waals surface area (Å²) in [6, 6.07) is 0. The van der Waals surface area contributed by atoms with Crippen molar-refractivity contribution in [2.24, 2.45) is 5.92 Å². The highest BCUT2D eigenvalue weighted by atomic mass is 16.7. The van der Waals surface area contributed by atoms with Crippen LogP contribution in [-0.2, 0) is 4.84 Å². The molecule has 0 aromatic rings. The summed E-state index contributed by atoms with van der Waals surface area (Å²) in [7, 11) is 0. The average Bonchev–Trinajstić information content (AvgIpc) is 2.40. The van der Waals surface area contributed by atoms with Crippen LogP contribution in [0.3, 0.4) is 0 Å². The van der Waals surface area contributed by atoms with E-state index < -0.39 is 0 Å². The first kappa shape index (κ1) is 17.8. The Balaban J connectivity index is 4.50. The van der Waals surface area contributed by atoms with Gasteiger partial charge in [0.1, 0.15) is 26.2 Å². The van der Waals surface area contributed by atoms with Crippen LogP contribution in [0.1, 0.15) is 46.5 Å². The van der Waals surface area contributed by atoms with E-state index in [2.05, 4.69) is 20.8 Å². The number of hydrogen-bond donors (Lipinski definition) is 2. The molecule has 0 saturated heterocycles. The van der Waals surface area contributed by atoms with E-state index in [1.807, 2.05) is 0 Å². The molecule has 4 nitrogen and oxygen atoms in total. The Morgan fingerprint density at radius 3 is 2.28 bits per heavy atom. The molecule has 2 unspecified atom stereocenters. The maximum Gasteiger partial charge on any atom is 0.132 e. The first-order valence-electron chi connectivity index (χ1n) is 7.40. The first-order chi connectivity index (χ1) is 8.67. The van der Waals surface area contributed by atoms with Crippen molar-refractivity contribution in [2.75, 3.05) is 39.5 Å². The first-order valence-corrected chi connectivity index (χ1v) is 7.40. The van der Waals surface area contributed by atoms with Gasteiger partial charge in [0.05, 0.1) is 13.2 Å². The van der Waals surface area contributed by atoms with Crippen LogP contribution >= 0.6 is 0 Å². The summed E-state index contributed by atoms with van der Waals surface area (Å²) in [5.74, 6) is 0.634. The van der Waals surface area contributed by atoms with Gasteiger partial charge in [-0.2, -0.15) is 4.65 Å². The third-order valence-corrected chi connectivity index (χ3v) is 3.67. The molecule has 2 atom stereocenters. The van der Waals surface area contributed by atoms with E-state index in [9.17, 15) is 5.11 Å². The van der Waals surface area contributed by atoms with Gasteiger partial charge in [-0.25, -0.2) is 4.84 Å². The Labute approximate surface area is 112 Å². The molecular formula is C14H32NO3+.